The number of amides is 1. The number of benzene rings is 3. The normalized spacial score (nSPS) is 11.1. The van der Waals surface area contributed by atoms with Gasteiger partial charge in [0.2, 0.25) is 0 Å². The molecule has 0 saturated carbocycles. The van der Waals surface area contributed by atoms with Gasteiger partial charge in [0.25, 0.3) is 5.91 Å². The second-order valence-corrected chi connectivity index (χ2v) is 7.98. The molecule has 2 N–H and O–H groups in total. The molecule has 5 aromatic rings. The maximum absolute atomic E-state index is 12.2. The van der Waals surface area contributed by atoms with E-state index in [0.29, 0.717) is 10.9 Å². The van der Waals surface area contributed by atoms with Crippen molar-refractivity contribution in [1.29, 1.82) is 0 Å². The minimum Gasteiger partial charge on any atom is -0.484 e. The Hall–Kier alpha value is -3.71. The van der Waals surface area contributed by atoms with Gasteiger partial charge < -0.3 is 9.72 Å². The molecule has 0 fully saturated rings. The molecule has 0 spiro atoms. The van der Waals surface area contributed by atoms with Crippen molar-refractivity contribution in [1.82, 2.24) is 15.0 Å². The molecule has 2 heterocycles. The number of H-pyrrole nitrogens is 1. The van der Waals surface area contributed by atoms with E-state index in [1.807, 2.05) is 60.7 Å². The number of para-hydroxylation sites is 1. The molecule has 0 aliphatic rings. The van der Waals surface area contributed by atoms with E-state index in [1.54, 1.807) is 0 Å². The van der Waals surface area contributed by atoms with Gasteiger partial charge in [0.1, 0.15) is 11.6 Å². The highest BCUT2D eigenvalue weighted by molar-refractivity contribution is 7.22. The highest BCUT2D eigenvalue weighted by atomic mass is 32.1. The minimum absolute atomic E-state index is 0.0841. The van der Waals surface area contributed by atoms with Crippen molar-refractivity contribution in [2.45, 2.75) is 6.92 Å². The highest BCUT2D eigenvalue weighted by Gasteiger charge is 2.09. The van der Waals surface area contributed by atoms with E-state index in [0.717, 1.165) is 32.6 Å². The molecule has 3 aromatic carbocycles. The first-order valence-electron chi connectivity index (χ1n) is 9.49. The van der Waals surface area contributed by atoms with Crippen molar-refractivity contribution in [2.75, 3.05) is 11.9 Å². The summed E-state index contributed by atoms with van der Waals surface area (Å²) in [5.41, 5.74) is 4.95. The summed E-state index contributed by atoms with van der Waals surface area (Å²) in [5.74, 6) is 1.17. The maximum atomic E-state index is 12.2. The number of aryl methyl sites for hydroxylation is 1. The van der Waals surface area contributed by atoms with Crippen LogP contribution in [0.4, 0.5) is 5.13 Å². The van der Waals surface area contributed by atoms with Gasteiger partial charge in [-0.3, -0.25) is 10.1 Å². The zero-order valence-corrected chi connectivity index (χ0v) is 17.0. The lowest BCUT2D eigenvalue weighted by molar-refractivity contribution is -0.118. The largest absolute Gasteiger partial charge is 0.484 e. The lowest BCUT2D eigenvalue weighted by Crippen LogP contribution is -2.19. The van der Waals surface area contributed by atoms with Crippen LogP contribution in [0, 0.1) is 6.92 Å². The van der Waals surface area contributed by atoms with Gasteiger partial charge in [-0.25, -0.2) is 9.97 Å². The van der Waals surface area contributed by atoms with E-state index < -0.39 is 0 Å². The summed E-state index contributed by atoms with van der Waals surface area (Å²) in [6.45, 7) is 1.97. The van der Waals surface area contributed by atoms with Gasteiger partial charge in [0, 0.05) is 5.56 Å². The van der Waals surface area contributed by atoms with Crippen LogP contribution in [0.5, 0.6) is 5.75 Å². The molecular weight excluding hydrogens is 396 g/mol. The molecule has 0 radical (unpaired) electrons. The van der Waals surface area contributed by atoms with Crippen molar-refractivity contribution in [3.05, 3.63) is 72.3 Å². The number of carbonyl (C=O) groups excluding carboxylic acids is 1. The van der Waals surface area contributed by atoms with Crippen LogP contribution in [0.1, 0.15) is 5.56 Å². The van der Waals surface area contributed by atoms with Crippen molar-refractivity contribution >= 4 is 43.6 Å². The molecule has 1 amide bonds. The van der Waals surface area contributed by atoms with Crippen LogP contribution in [-0.4, -0.2) is 27.5 Å². The Bertz CT molecular complexity index is 1320. The number of ether oxygens (including phenoxy) is 1. The summed E-state index contributed by atoms with van der Waals surface area (Å²) in [4.78, 5) is 24.6. The number of nitrogens with one attached hydrogen (secondary N) is 2. The standard InChI is InChI=1S/C23H18N4O2S/c1-14-6-11-17-19(12-14)25-22(24-17)15-7-9-16(10-8-15)29-13-21(28)27-23-26-18-4-2-3-5-20(18)30-23/h2-12H,13H2,1H3,(H,24,25)(H,26,27,28). The quantitative estimate of drug-likeness (QED) is 0.416. The second kappa shape index (κ2) is 7.61. The van der Waals surface area contributed by atoms with Crippen LogP contribution < -0.4 is 10.1 Å². The molecule has 0 aliphatic heterocycles. The fourth-order valence-corrected chi connectivity index (χ4v) is 4.08. The fraction of sp³-hybridized carbons (Fsp3) is 0.0870. The summed E-state index contributed by atoms with van der Waals surface area (Å²) in [6.07, 6.45) is 0. The number of rotatable bonds is 5. The fourth-order valence-electron chi connectivity index (χ4n) is 3.20. The zero-order valence-electron chi connectivity index (χ0n) is 16.2. The number of hydrogen-bond acceptors (Lipinski definition) is 5. The third-order valence-electron chi connectivity index (χ3n) is 4.68. The van der Waals surface area contributed by atoms with E-state index in [1.165, 1.54) is 16.9 Å². The van der Waals surface area contributed by atoms with Crippen molar-refractivity contribution in [3.8, 4) is 17.1 Å². The van der Waals surface area contributed by atoms with E-state index in [2.05, 4.69) is 33.3 Å². The Balaban J connectivity index is 1.22. The van der Waals surface area contributed by atoms with E-state index in [9.17, 15) is 4.79 Å². The number of fused-ring (bicyclic) bond motifs is 2. The minimum atomic E-state index is -0.245. The lowest BCUT2D eigenvalue weighted by Gasteiger charge is -2.06. The molecular formula is C23H18N4O2S. The molecule has 30 heavy (non-hydrogen) atoms. The number of hydrogen-bond donors (Lipinski definition) is 2. The van der Waals surface area contributed by atoms with Gasteiger partial charge in [0.15, 0.2) is 11.7 Å². The number of aromatic amines is 1. The molecule has 0 aliphatic carbocycles. The number of nitrogens with zero attached hydrogens (tertiary/aromatic N) is 2. The summed E-state index contributed by atoms with van der Waals surface area (Å²) >= 11 is 1.44. The number of thiazole rings is 1. The summed E-state index contributed by atoms with van der Waals surface area (Å²) in [7, 11) is 0. The van der Waals surface area contributed by atoms with Crippen molar-refractivity contribution in [2.24, 2.45) is 0 Å². The first-order valence-corrected chi connectivity index (χ1v) is 10.3. The molecule has 148 valence electrons. The van der Waals surface area contributed by atoms with Crippen molar-refractivity contribution in [3.63, 3.8) is 0 Å². The van der Waals surface area contributed by atoms with Gasteiger partial charge >= 0.3 is 0 Å². The number of carbonyl (C=O) groups is 1. The Kier molecular flexibility index (Phi) is 4.65. The van der Waals surface area contributed by atoms with Gasteiger partial charge in [-0.15, -0.1) is 0 Å². The van der Waals surface area contributed by atoms with E-state index in [4.69, 9.17) is 4.74 Å². The Morgan fingerprint density at radius 2 is 1.87 bits per heavy atom. The number of aromatic nitrogens is 3. The lowest BCUT2D eigenvalue weighted by atomic mass is 10.2. The van der Waals surface area contributed by atoms with Crippen LogP contribution in [0.25, 0.3) is 32.6 Å². The number of imidazole rings is 1. The van der Waals surface area contributed by atoms with Gasteiger partial charge in [-0.2, -0.15) is 0 Å². The Morgan fingerprint density at radius 3 is 2.70 bits per heavy atom. The molecule has 0 atom stereocenters. The van der Waals surface area contributed by atoms with E-state index in [-0.39, 0.29) is 12.5 Å². The first-order chi connectivity index (χ1) is 14.6. The predicted molar refractivity (Wildman–Crippen MR) is 120 cm³/mol. The Labute approximate surface area is 176 Å². The topological polar surface area (TPSA) is 79.9 Å². The molecule has 2 aromatic heterocycles. The average molecular weight is 414 g/mol. The summed E-state index contributed by atoms with van der Waals surface area (Å²) < 4.78 is 6.65. The van der Waals surface area contributed by atoms with Gasteiger partial charge in [-0.1, -0.05) is 29.5 Å². The predicted octanol–water partition coefficient (Wildman–Crippen LogP) is 5.17. The van der Waals surface area contributed by atoms with Crippen LogP contribution in [-0.2, 0) is 4.79 Å². The summed E-state index contributed by atoms with van der Waals surface area (Å²) in [6, 6.07) is 21.4. The Morgan fingerprint density at radius 1 is 1.03 bits per heavy atom. The van der Waals surface area contributed by atoms with E-state index >= 15 is 0 Å². The molecule has 6 nitrogen and oxygen atoms in total. The first kappa shape index (κ1) is 18.3. The number of anilines is 1. The van der Waals surface area contributed by atoms with Crippen LogP contribution in [0.2, 0.25) is 0 Å². The van der Waals surface area contributed by atoms with Crippen LogP contribution in [0.3, 0.4) is 0 Å². The maximum Gasteiger partial charge on any atom is 0.264 e. The molecule has 7 heteroatoms. The molecule has 0 saturated heterocycles. The van der Waals surface area contributed by atoms with Gasteiger partial charge in [0.05, 0.1) is 21.3 Å². The second-order valence-electron chi connectivity index (χ2n) is 6.95. The highest BCUT2D eigenvalue weighted by Crippen LogP contribution is 2.26. The molecule has 5 rings (SSSR count). The average Bonchev–Trinajstić information content (AvgIpc) is 3.35. The molecule has 0 bridgehead atoms. The van der Waals surface area contributed by atoms with Crippen LogP contribution >= 0.6 is 11.3 Å². The van der Waals surface area contributed by atoms with Gasteiger partial charge in [-0.05, 0) is 61.0 Å². The molecule has 0 unspecified atom stereocenters. The monoisotopic (exact) mass is 414 g/mol. The van der Waals surface area contributed by atoms with Crippen LogP contribution in [0.15, 0.2) is 66.7 Å². The summed E-state index contributed by atoms with van der Waals surface area (Å²) in [5, 5.41) is 3.36. The third kappa shape index (κ3) is 3.75. The zero-order chi connectivity index (χ0) is 20.5. The third-order valence-corrected chi connectivity index (χ3v) is 5.63. The smallest absolute Gasteiger partial charge is 0.264 e. The SMILES string of the molecule is Cc1ccc2nc(-c3ccc(OCC(=O)Nc4nc5ccccc5s4)cc3)[nH]c2c1. The van der Waals surface area contributed by atoms with Crippen molar-refractivity contribution < 1.29 is 9.53 Å².